The van der Waals surface area contributed by atoms with Gasteiger partial charge in [-0.15, -0.1) is 0 Å². The van der Waals surface area contributed by atoms with Gasteiger partial charge in [0.2, 0.25) is 5.91 Å². The third-order valence-electron chi connectivity index (χ3n) is 3.31. The van der Waals surface area contributed by atoms with Crippen LogP contribution < -0.4 is 0 Å². The molecule has 0 spiro atoms. The van der Waals surface area contributed by atoms with Crippen LogP contribution in [0.5, 0.6) is 0 Å². The lowest BCUT2D eigenvalue weighted by Gasteiger charge is -2.28. The molecular weight excluding hydrogens is 218 g/mol. The number of amides is 1. The highest BCUT2D eigenvalue weighted by atomic mass is 16.2. The molecule has 0 unspecified atom stereocenters. The maximum Gasteiger partial charge on any atom is 0.246 e. The van der Waals surface area contributed by atoms with Crippen molar-refractivity contribution in [3.8, 4) is 0 Å². The molecule has 0 bridgehead atoms. The Morgan fingerprint density at radius 1 is 1.24 bits per heavy atom. The Hall–Kier alpha value is -1.45. The first-order valence-electron chi connectivity index (χ1n) is 5.99. The summed E-state index contributed by atoms with van der Waals surface area (Å²) in [5.74, 6) is 0.543. The van der Waals surface area contributed by atoms with Gasteiger partial charge in [-0.2, -0.15) is 0 Å². The number of hydrogen-bond donors (Lipinski definition) is 0. The maximum absolute atomic E-state index is 11.5. The summed E-state index contributed by atoms with van der Waals surface area (Å²) in [6.45, 7) is 0.702. The van der Waals surface area contributed by atoms with Crippen LogP contribution >= 0.6 is 0 Å². The number of carbonyl (C=O) groups excluding carboxylic acids is 3. The van der Waals surface area contributed by atoms with Gasteiger partial charge in [0.05, 0.1) is 0 Å². The minimum atomic E-state index is -0.144. The van der Waals surface area contributed by atoms with Crippen molar-refractivity contribution in [3.05, 3.63) is 12.2 Å². The summed E-state index contributed by atoms with van der Waals surface area (Å²) in [4.78, 5) is 33.9. The molecule has 1 saturated carbocycles. The number of aldehydes is 2. The lowest BCUT2D eigenvalue weighted by atomic mass is 9.82. The quantitative estimate of drug-likeness (QED) is 0.533. The van der Waals surface area contributed by atoms with Crippen molar-refractivity contribution < 1.29 is 14.4 Å². The van der Waals surface area contributed by atoms with Gasteiger partial charge in [-0.1, -0.05) is 0 Å². The molecule has 1 fully saturated rings. The van der Waals surface area contributed by atoms with E-state index in [-0.39, 0.29) is 11.8 Å². The van der Waals surface area contributed by atoms with Crippen LogP contribution in [0.1, 0.15) is 25.7 Å². The Bertz CT molecular complexity index is 304. The van der Waals surface area contributed by atoms with Crippen LogP contribution in [0.2, 0.25) is 0 Å². The van der Waals surface area contributed by atoms with Crippen molar-refractivity contribution in [2.75, 3.05) is 13.6 Å². The van der Waals surface area contributed by atoms with Crippen molar-refractivity contribution in [1.29, 1.82) is 0 Å². The summed E-state index contributed by atoms with van der Waals surface area (Å²) in [5, 5.41) is 0. The summed E-state index contributed by atoms with van der Waals surface area (Å²) in [5.41, 5.74) is 0. The highest BCUT2D eigenvalue weighted by Crippen LogP contribution is 2.27. The lowest BCUT2D eigenvalue weighted by molar-refractivity contribution is -0.125. The van der Waals surface area contributed by atoms with E-state index in [4.69, 9.17) is 0 Å². The third kappa shape index (κ3) is 4.51. The van der Waals surface area contributed by atoms with E-state index in [1.165, 1.54) is 12.2 Å². The molecule has 0 radical (unpaired) electrons. The molecular formula is C13H19NO3. The first kappa shape index (κ1) is 13.6. The van der Waals surface area contributed by atoms with Crippen LogP contribution in [0.15, 0.2) is 12.2 Å². The molecule has 4 heteroatoms. The fraction of sp³-hybridized carbons (Fsp3) is 0.615. The van der Waals surface area contributed by atoms with E-state index < -0.39 is 0 Å². The van der Waals surface area contributed by atoms with Gasteiger partial charge < -0.3 is 9.69 Å². The molecule has 0 heterocycles. The van der Waals surface area contributed by atoms with Crippen molar-refractivity contribution >= 4 is 18.5 Å². The fourth-order valence-electron chi connectivity index (χ4n) is 2.23. The standard InChI is InChI=1S/C13H19NO3/c1-14(13(17)3-2-8-15)9-11-4-6-12(10-16)7-5-11/h2-3,8,10-12H,4-7,9H2,1H3/b3-2-. The van der Waals surface area contributed by atoms with E-state index >= 15 is 0 Å². The summed E-state index contributed by atoms with van der Waals surface area (Å²) < 4.78 is 0. The van der Waals surface area contributed by atoms with Gasteiger partial charge >= 0.3 is 0 Å². The van der Waals surface area contributed by atoms with E-state index in [0.717, 1.165) is 32.0 Å². The van der Waals surface area contributed by atoms with E-state index in [9.17, 15) is 14.4 Å². The Balaban J connectivity index is 2.34. The number of rotatable bonds is 5. The van der Waals surface area contributed by atoms with Gasteiger partial charge in [-0.3, -0.25) is 9.59 Å². The second kappa shape index (κ2) is 6.99. The molecule has 0 aromatic rings. The number of allylic oxidation sites excluding steroid dienone is 1. The minimum Gasteiger partial charge on any atom is -0.342 e. The average molecular weight is 237 g/mol. The van der Waals surface area contributed by atoms with E-state index in [1.807, 2.05) is 0 Å². The lowest BCUT2D eigenvalue weighted by Crippen LogP contribution is -2.32. The van der Waals surface area contributed by atoms with Crippen molar-refractivity contribution in [1.82, 2.24) is 4.90 Å². The monoisotopic (exact) mass is 237 g/mol. The molecule has 17 heavy (non-hydrogen) atoms. The highest BCUT2D eigenvalue weighted by Gasteiger charge is 2.22. The van der Waals surface area contributed by atoms with Crippen LogP contribution in [-0.4, -0.2) is 37.0 Å². The predicted molar refractivity (Wildman–Crippen MR) is 64.4 cm³/mol. The molecule has 1 aliphatic carbocycles. The fourth-order valence-corrected chi connectivity index (χ4v) is 2.23. The maximum atomic E-state index is 11.5. The molecule has 0 aromatic heterocycles. The minimum absolute atomic E-state index is 0.144. The molecule has 0 saturated heterocycles. The Morgan fingerprint density at radius 3 is 2.41 bits per heavy atom. The highest BCUT2D eigenvalue weighted by molar-refractivity contribution is 5.90. The number of nitrogens with zero attached hydrogens (tertiary/aromatic N) is 1. The Morgan fingerprint density at radius 2 is 1.88 bits per heavy atom. The zero-order valence-corrected chi connectivity index (χ0v) is 10.2. The zero-order chi connectivity index (χ0) is 12.7. The van der Waals surface area contributed by atoms with E-state index in [1.54, 1.807) is 11.9 Å². The summed E-state index contributed by atoms with van der Waals surface area (Å²) in [6, 6.07) is 0. The van der Waals surface area contributed by atoms with Crippen LogP contribution in [0, 0.1) is 11.8 Å². The zero-order valence-electron chi connectivity index (χ0n) is 10.2. The van der Waals surface area contributed by atoms with Crippen molar-refractivity contribution in [2.45, 2.75) is 25.7 Å². The molecule has 1 rings (SSSR count). The summed E-state index contributed by atoms with van der Waals surface area (Å²) in [6.07, 6.45) is 7.99. The normalized spacial score (nSPS) is 24.5. The van der Waals surface area contributed by atoms with Gasteiger partial charge in [-0.05, 0) is 37.7 Å². The largest absolute Gasteiger partial charge is 0.342 e. The molecule has 0 N–H and O–H groups in total. The molecule has 0 aromatic carbocycles. The molecule has 4 nitrogen and oxygen atoms in total. The Kier molecular flexibility index (Phi) is 5.60. The van der Waals surface area contributed by atoms with Crippen molar-refractivity contribution in [2.24, 2.45) is 11.8 Å². The molecule has 1 amide bonds. The Labute approximate surface area is 102 Å². The number of carbonyl (C=O) groups is 3. The molecule has 0 aliphatic heterocycles. The first-order chi connectivity index (χ1) is 8.17. The van der Waals surface area contributed by atoms with Crippen LogP contribution in [0.3, 0.4) is 0 Å². The van der Waals surface area contributed by atoms with E-state index in [2.05, 4.69) is 0 Å². The first-order valence-corrected chi connectivity index (χ1v) is 5.99. The topological polar surface area (TPSA) is 54.5 Å². The summed E-state index contributed by atoms with van der Waals surface area (Å²) in [7, 11) is 1.74. The average Bonchev–Trinajstić information content (AvgIpc) is 2.36. The molecule has 94 valence electrons. The second-order valence-electron chi connectivity index (χ2n) is 4.63. The third-order valence-corrected chi connectivity index (χ3v) is 3.31. The van der Waals surface area contributed by atoms with Crippen LogP contribution in [0.25, 0.3) is 0 Å². The van der Waals surface area contributed by atoms with Gasteiger partial charge in [-0.25, -0.2) is 0 Å². The predicted octanol–water partition coefficient (Wildman–Crippen LogP) is 1.21. The number of likely N-dealkylation sites (N-methyl/N-ethyl adjacent to an activating group) is 1. The molecule has 0 atom stereocenters. The van der Waals surface area contributed by atoms with Gasteiger partial charge in [0.1, 0.15) is 12.6 Å². The number of hydrogen-bond acceptors (Lipinski definition) is 3. The SMILES string of the molecule is CN(CC1CCC(C=O)CC1)C(=O)/C=C\C=O. The van der Waals surface area contributed by atoms with Gasteiger partial charge in [0.25, 0.3) is 0 Å². The smallest absolute Gasteiger partial charge is 0.246 e. The van der Waals surface area contributed by atoms with Crippen LogP contribution in [0.4, 0.5) is 0 Å². The van der Waals surface area contributed by atoms with Gasteiger partial charge in [0.15, 0.2) is 0 Å². The van der Waals surface area contributed by atoms with Crippen LogP contribution in [-0.2, 0) is 14.4 Å². The second-order valence-corrected chi connectivity index (χ2v) is 4.63. The summed E-state index contributed by atoms with van der Waals surface area (Å²) >= 11 is 0. The van der Waals surface area contributed by atoms with Crippen molar-refractivity contribution in [3.63, 3.8) is 0 Å². The van der Waals surface area contributed by atoms with Gasteiger partial charge in [0, 0.05) is 25.6 Å². The molecule has 1 aliphatic rings. The van der Waals surface area contributed by atoms with E-state index in [0.29, 0.717) is 18.7 Å².